The van der Waals surface area contributed by atoms with Gasteiger partial charge in [-0.05, 0) is 28.5 Å². The monoisotopic (exact) mass is 255 g/mol. The molecule has 2 heterocycles. The number of nitrogens with zero attached hydrogens (tertiary/aromatic N) is 2. The molecule has 0 aliphatic rings. The first kappa shape index (κ1) is 11.3. The maximum atomic E-state index is 5.91. The summed E-state index contributed by atoms with van der Waals surface area (Å²) in [5, 5.41) is 3.42. The highest BCUT2D eigenvalue weighted by Crippen LogP contribution is 2.32. The first-order valence-electron chi connectivity index (χ1n) is 5.83. The summed E-state index contributed by atoms with van der Waals surface area (Å²) < 4.78 is 1.28. The third kappa shape index (κ3) is 1.89. The number of hydrogen-bond acceptors (Lipinski definition) is 4. The SMILES string of the molecule is NCC(c1ncccn1)c1csc2ccccc12. The van der Waals surface area contributed by atoms with Gasteiger partial charge in [0.25, 0.3) is 0 Å². The molecule has 3 aromatic rings. The summed E-state index contributed by atoms with van der Waals surface area (Å²) in [6.45, 7) is 0.519. The van der Waals surface area contributed by atoms with E-state index in [4.69, 9.17) is 5.73 Å². The molecular weight excluding hydrogens is 242 g/mol. The van der Waals surface area contributed by atoms with Crippen molar-refractivity contribution in [2.45, 2.75) is 5.92 Å². The minimum absolute atomic E-state index is 0.0716. The molecule has 0 fully saturated rings. The number of rotatable bonds is 3. The fraction of sp³-hybridized carbons (Fsp3) is 0.143. The molecule has 0 spiro atoms. The fourth-order valence-corrected chi connectivity index (χ4v) is 3.15. The minimum atomic E-state index is 0.0716. The van der Waals surface area contributed by atoms with Crippen molar-refractivity contribution in [3.05, 3.63) is 59.5 Å². The molecule has 0 saturated heterocycles. The van der Waals surface area contributed by atoms with Crippen LogP contribution in [0.4, 0.5) is 0 Å². The number of aromatic nitrogens is 2. The van der Waals surface area contributed by atoms with Crippen LogP contribution in [0.3, 0.4) is 0 Å². The second-order valence-corrected chi connectivity index (χ2v) is 4.99. The normalized spacial score (nSPS) is 12.7. The Hall–Kier alpha value is -1.78. The largest absolute Gasteiger partial charge is 0.329 e. The lowest BCUT2D eigenvalue weighted by atomic mass is 9.98. The highest BCUT2D eigenvalue weighted by Gasteiger charge is 2.18. The van der Waals surface area contributed by atoms with Gasteiger partial charge in [-0.1, -0.05) is 18.2 Å². The first-order chi connectivity index (χ1) is 8.90. The number of benzene rings is 1. The van der Waals surface area contributed by atoms with Crippen molar-refractivity contribution in [3.8, 4) is 0 Å². The first-order valence-corrected chi connectivity index (χ1v) is 6.71. The van der Waals surface area contributed by atoms with Crippen molar-refractivity contribution in [1.82, 2.24) is 9.97 Å². The van der Waals surface area contributed by atoms with Gasteiger partial charge in [0.05, 0.1) is 5.92 Å². The Balaban J connectivity index is 2.12. The van der Waals surface area contributed by atoms with Gasteiger partial charge in [0.2, 0.25) is 0 Å². The molecule has 0 radical (unpaired) electrons. The topological polar surface area (TPSA) is 51.8 Å². The maximum Gasteiger partial charge on any atom is 0.136 e. The zero-order valence-corrected chi connectivity index (χ0v) is 10.6. The molecule has 3 nitrogen and oxygen atoms in total. The van der Waals surface area contributed by atoms with Crippen LogP contribution in [-0.2, 0) is 0 Å². The van der Waals surface area contributed by atoms with Gasteiger partial charge in [-0.25, -0.2) is 9.97 Å². The van der Waals surface area contributed by atoms with Crippen LogP contribution < -0.4 is 5.73 Å². The highest BCUT2D eigenvalue weighted by molar-refractivity contribution is 7.17. The zero-order valence-electron chi connectivity index (χ0n) is 9.78. The van der Waals surface area contributed by atoms with E-state index in [0.717, 1.165) is 5.82 Å². The van der Waals surface area contributed by atoms with Crippen LogP contribution in [0.25, 0.3) is 10.1 Å². The Kier molecular flexibility index (Phi) is 3.04. The highest BCUT2D eigenvalue weighted by atomic mass is 32.1. The lowest BCUT2D eigenvalue weighted by Crippen LogP contribution is -2.16. The molecule has 18 heavy (non-hydrogen) atoms. The van der Waals surface area contributed by atoms with Gasteiger partial charge < -0.3 is 5.73 Å². The molecule has 0 amide bonds. The lowest BCUT2D eigenvalue weighted by Gasteiger charge is -2.12. The lowest BCUT2D eigenvalue weighted by molar-refractivity contribution is 0.757. The van der Waals surface area contributed by atoms with Crippen molar-refractivity contribution >= 4 is 21.4 Å². The number of hydrogen-bond donors (Lipinski definition) is 1. The Labute approximate surface area is 109 Å². The molecule has 0 saturated carbocycles. The van der Waals surface area contributed by atoms with Crippen LogP contribution >= 0.6 is 11.3 Å². The Bertz CT molecular complexity index is 648. The van der Waals surface area contributed by atoms with Crippen LogP contribution in [0.5, 0.6) is 0 Å². The van der Waals surface area contributed by atoms with Crippen LogP contribution in [0.1, 0.15) is 17.3 Å². The van der Waals surface area contributed by atoms with Gasteiger partial charge in [0.1, 0.15) is 5.82 Å². The minimum Gasteiger partial charge on any atom is -0.329 e. The summed E-state index contributed by atoms with van der Waals surface area (Å²) in [6.07, 6.45) is 3.53. The van der Waals surface area contributed by atoms with Crippen molar-refractivity contribution in [1.29, 1.82) is 0 Å². The van der Waals surface area contributed by atoms with Crippen LogP contribution in [-0.4, -0.2) is 16.5 Å². The van der Waals surface area contributed by atoms with Gasteiger partial charge in [0, 0.05) is 23.6 Å². The quantitative estimate of drug-likeness (QED) is 0.783. The molecule has 2 N–H and O–H groups in total. The molecule has 0 aliphatic heterocycles. The van der Waals surface area contributed by atoms with E-state index in [-0.39, 0.29) is 5.92 Å². The molecule has 0 bridgehead atoms. The average molecular weight is 255 g/mol. The molecule has 0 aliphatic carbocycles. The molecule has 1 atom stereocenters. The number of fused-ring (bicyclic) bond motifs is 1. The summed E-state index contributed by atoms with van der Waals surface area (Å²) in [6, 6.07) is 10.2. The molecule has 2 aromatic heterocycles. The maximum absolute atomic E-state index is 5.91. The Morgan fingerprint density at radius 3 is 2.67 bits per heavy atom. The predicted octanol–water partition coefficient (Wildman–Crippen LogP) is 2.78. The van der Waals surface area contributed by atoms with Gasteiger partial charge in [-0.3, -0.25) is 0 Å². The molecule has 1 unspecified atom stereocenters. The van der Waals surface area contributed by atoms with Gasteiger partial charge in [-0.2, -0.15) is 0 Å². The van der Waals surface area contributed by atoms with E-state index in [1.54, 1.807) is 23.7 Å². The summed E-state index contributed by atoms with van der Waals surface area (Å²) in [5.74, 6) is 0.867. The van der Waals surface area contributed by atoms with Crippen LogP contribution in [0.15, 0.2) is 48.1 Å². The average Bonchev–Trinajstić information content (AvgIpc) is 2.85. The molecule has 1 aromatic carbocycles. The van der Waals surface area contributed by atoms with E-state index >= 15 is 0 Å². The van der Waals surface area contributed by atoms with Crippen molar-refractivity contribution < 1.29 is 0 Å². The van der Waals surface area contributed by atoms with Crippen LogP contribution in [0.2, 0.25) is 0 Å². The number of nitrogens with two attached hydrogens (primary N) is 1. The predicted molar refractivity (Wildman–Crippen MR) is 74.8 cm³/mol. The van der Waals surface area contributed by atoms with Crippen molar-refractivity contribution in [3.63, 3.8) is 0 Å². The summed E-state index contributed by atoms with van der Waals surface area (Å²) in [4.78, 5) is 8.65. The summed E-state index contributed by atoms with van der Waals surface area (Å²) in [7, 11) is 0. The van der Waals surface area contributed by atoms with Crippen molar-refractivity contribution in [2.24, 2.45) is 5.73 Å². The molecular formula is C14H13N3S. The van der Waals surface area contributed by atoms with Gasteiger partial charge in [0.15, 0.2) is 0 Å². The zero-order chi connectivity index (χ0) is 12.4. The van der Waals surface area contributed by atoms with E-state index in [2.05, 4.69) is 39.6 Å². The fourth-order valence-electron chi connectivity index (χ4n) is 2.13. The Morgan fingerprint density at radius 1 is 1.11 bits per heavy atom. The van der Waals surface area contributed by atoms with Crippen molar-refractivity contribution in [2.75, 3.05) is 6.54 Å². The molecule has 90 valence electrons. The molecule has 4 heteroatoms. The standard InChI is InChI=1S/C14H13N3S/c15-8-11(14-16-6-3-7-17-14)12-9-18-13-5-2-1-4-10(12)13/h1-7,9,11H,8,15H2. The van der Waals surface area contributed by atoms with E-state index in [9.17, 15) is 0 Å². The second-order valence-electron chi connectivity index (χ2n) is 4.08. The summed E-state index contributed by atoms with van der Waals surface area (Å²) in [5.41, 5.74) is 7.14. The van der Waals surface area contributed by atoms with E-state index < -0.39 is 0 Å². The third-order valence-electron chi connectivity index (χ3n) is 3.02. The second kappa shape index (κ2) is 4.84. The summed E-state index contributed by atoms with van der Waals surface area (Å²) >= 11 is 1.74. The van der Waals surface area contributed by atoms with Crippen LogP contribution in [0, 0.1) is 0 Å². The Morgan fingerprint density at radius 2 is 1.89 bits per heavy atom. The third-order valence-corrected chi connectivity index (χ3v) is 4.00. The van der Waals surface area contributed by atoms with E-state index in [1.165, 1.54) is 15.6 Å². The van der Waals surface area contributed by atoms with Gasteiger partial charge >= 0.3 is 0 Å². The smallest absolute Gasteiger partial charge is 0.136 e. The number of thiophene rings is 1. The van der Waals surface area contributed by atoms with E-state index in [1.807, 2.05) is 6.07 Å². The van der Waals surface area contributed by atoms with Gasteiger partial charge in [-0.15, -0.1) is 11.3 Å². The van der Waals surface area contributed by atoms with E-state index in [0.29, 0.717) is 6.54 Å². The molecule has 3 rings (SSSR count).